The Morgan fingerprint density at radius 1 is 1.07 bits per heavy atom. The zero-order chi connectivity index (χ0) is 19.2. The maximum Gasteiger partial charge on any atom is 0.223 e. The van der Waals surface area contributed by atoms with Crippen LogP contribution in [0.15, 0.2) is 59.8 Å². The fraction of sp³-hybridized carbons (Fsp3) is 0.227. The molecule has 0 aliphatic rings. The van der Waals surface area contributed by atoms with E-state index in [0.29, 0.717) is 28.3 Å². The van der Waals surface area contributed by atoms with Gasteiger partial charge in [-0.3, -0.25) is 0 Å². The van der Waals surface area contributed by atoms with Crippen molar-refractivity contribution in [2.75, 3.05) is 0 Å². The normalized spacial score (nSPS) is 10.6. The van der Waals surface area contributed by atoms with Gasteiger partial charge < -0.3 is 4.74 Å². The Morgan fingerprint density at radius 2 is 1.81 bits per heavy atom. The van der Waals surface area contributed by atoms with Crippen molar-refractivity contribution in [1.29, 1.82) is 5.26 Å². The molecule has 0 aliphatic heterocycles. The molecule has 0 unspecified atom stereocenters. The van der Waals surface area contributed by atoms with Gasteiger partial charge in [0.25, 0.3) is 0 Å². The Labute approximate surface area is 164 Å². The van der Waals surface area contributed by atoms with Gasteiger partial charge in [-0.1, -0.05) is 55.9 Å². The minimum Gasteiger partial charge on any atom is -0.439 e. The summed E-state index contributed by atoms with van der Waals surface area (Å²) < 4.78 is 5.91. The van der Waals surface area contributed by atoms with Crippen molar-refractivity contribution in [3.05, 3.63) is 77.0 Å². The molecule has 0 bridgehead atoms. The molecule has 1 heterocycles. The van der Waals surface area contributed by atoms with Gasteiger partial charge in [0.1, 0.15) is 5.75 Å². The van der Waals surface area contributed by atoms with Crippen LogP contribution in [0.4, 0.5) is 0 Å². The Morgan fingerprint density at radius 3 is 2.52 bits per heavy atom. The molecule has 0 radical (unpaired) electrons. The smallest absolute Gasteiger partial charge is 0.223 e. The zero-order valence-corrected chi connectivity index (χ0v) is 16.5. The first kappa shape index (κ1) is 18.9. The summed E-state index contributed by atoms with van der Waals surface area (Å²) in [6.45, 7) is 6.25. The number of nitriles is 1. The van der Waals surface area contributed by atoms with E-state index in [4.69, 9.17) is 4.74 Å². The van der Waals surface area contributed by atoms with Crippen LogP contribution in [0, 0.1) is 18.3 Å². The predicted molar refractivity (Wildman–Crippen MR) is 108 cm³/mol. The molecule has 0 aliphatic carbocycles. The Kier molecular flexibility index (Phi) is 6.10. The van der Waals surface area contributed by atoms with Gasteiger partial charge in [0.15, 0.2) is 5.16 Å². The van der Waals surface area contributed by atoms with Gasteiger partial charge in [-0.25, -0.2) is 4.98 Å². The van der Waals surface area contributed by atoms with Crippen molar-refractivity contribution in [3.8, 4) is 17.7 Å². The summed E-state index contributed by atoms with van der Waals surface area (Å²) in [5, 5.41) is 9.85. The average Bonchev–Trinajstić information content (AvgIpc) is 2.66. The van der Waals surface area contributed by atoms with Crippen molar-refractivity contribution < 1.29 is 4.74 Å². The lowest BCUT2D eigenvalue weighted by Gasteiger charge is -2.10. The molecular weight excluding hydrogens is 354 g/mol. The first-order valence-corrected chi connectivity index (χ1v) is 9.78. The quantitative estimate of drug-likeness (QED) is 0.399. The van der Waals surface area contributed by atoms with Gasteiger partial charge in [-0.05, 0) is 42.2 Å². The summed E-state index contributed by atoms with van der Waals surface area (Å²) in [6, 6.07) is 19.7. The van der Waals surface area contributed by atoms with Crippen molar-refractivity contribution in [3.63, 3.8) is 0 Å². The van der Waals surface area contributed by atoms with Crippen molar-refractivity contribution in [2.45, 2.75) is 37.6 Å². The Balaban J connectivity index is 1.73. The minimum atomic E-state index is 0.486. The van der Waals surface area contributed by atoms with E-state index in [-0.39, 0.29) is 0 Å². The second-order valence-electron chi connectivity index (χ2n) is 6.51. The topological polar surface area (TPSA) is 58.8 Å². The number of thioether (sulfide) groups is 1. The van der Waals surface area contributed by atoms with Crippen LogP contribution in [-0.2, 0) is 5.75 Å². The molecule has 0 amide bonds. The first-order chi connectivity index (χ1) is 13.0. The van der Waals surface area contributed by atoms with Gasteiger partial charge in [0.2, 0.25) is 5.88 Å². The van der Waals surface area contributed by atoms with Gasteiger partial charge in [-0.2, -0.15) is 10.2 Å². The van der Waals surface area contributed by atoms with Crippen LogP contribution >= 0.6 is 11.8 Å². The highest BCUT2D eigenvalue weighted by Gasteiger charge is 2.08. The molecular formula is C22H21N3OS. The van der Waals surface area contributed by atoms with E-state index in [9.17, 15) is 5.26 Å². The third-order valence-corrected chi connectivity index (χ3v) is 4.97. The van der Waals surface area contributed by atoms with Gasteiger partial charge >= 0.3 is 0 Å². The highest BCUT2D eigenvalue weighted by molar-refractivity contribution is 7.98. The van der Waals surface area contributed by atoms with Crippen LogP contribution < -0.4 is 4.74 Å². The van der Waals surface area contributed by atoms with E-state index in [0.717, 1.165) is 17.0 Å². The monoisotopic (exact) mass is 375 g/mol. The molecule has 0 spiro atoms. The molecule has 136 valence electrons. The molecule has 0 saturated carbocycles. The van der Waals surface area contributed by atoms with Crippen molar-refractivity contribution >= 4 is 11.8 Å². The highest BCUT2D eigenvalue weighted by Crippen LogP contribution is 2.27. The maximum absolute atomic E-state index is 9.21. The Hall–Kier alpha value is -2.84. The molecule has 3 rings (SSSR count). The largest absolute Gasteiger partial charge is 0.439 e. The standard InChI is InChI=1S/C22H21N3OS/c1-15(2)17-8-10-20(11-9-17)26-21-12-16(3)24-22(25-21)27-14-19-7-5-4-6-18(19)13-23/h4-12,15H,14H2,1-3H3. The lowest BCUT2D eigenvalue weighted by molar-refractivity contribution is 0.454. The number of benzene rings is 2. The summed E-state index contributed by atoms with van der Waals surface area (Å²) in [4.78, 5) is 8.98. The second-order valence-corrected chi connectivity index (χ2v) is 7.46. The van der Waals surface area contributed by atoms with Crippen LogP contribution in [0.2, 0.25) is 0 Å². The minimum absolute atomic E-state index is 0.486. The van der Waals surface area contributed by atoms with Crippen LogP contribution in [-0.4, -0.2) is 9.97 Å². The summed E-state index contributed by atoms with van der Waals surface area (Å²) in [5.41, 5.74) is 3.77. The lowest BCUT2D eigenvalue weighted by Crippen LogP contribution is -1.96. The summed E-state index contributed by atoms with van der Waals surface area (Å²) in [5.74, 6) is 2.40. The third-order valence-electron chi connectivity index (χ3n) is 4.07. The number of rotatable bonds is 6. The predicted octanol–water partition coefficient (Wildman–Crippen LogP) is 5.86. The van der Waals surface area contributed by atoms with Crippen LogP contribution in [0.1, 0.15) is 42.1 Å². The first-order valence-electron chi connectivity index (χ1n) is 8.79. The molecule has 1 aromatic heterocycles. The molecule has 0 N–H and O–H groups in total. The van der Waals surface area contributed by atoms with E-state index in [2.05, 4.69) is 42.0 Å². The summed E-state index contributed by atoms with van der Waals surface area (Å²) >= 11 is 1.49. The van der Waals surface area contributed by atoms with E-state index in [1.165, 1.54) is 17.3 Å². The average molecular weight is 375 g/mol. The fourth-order valence-corrected chi connectivity index (χ4v) is 3.47. The number of nitrogens with zero attached hydrogens (tertiary/aromatic N) is 3. The van der Waals surface area contributed by atoms with Crippen LogP contribution in [0.5, 0.6) is 11.6 Å². The second kappa shape index (κ2) is 8.70. The number of hydrogen-bond acceptors (Lipinski definition) is 5. The fourth-order valence-electron chi connectivity index (χ4n) is 2.57. The third kappa shape index (κ3) is 5.08. The van der Waals surface area contributed by atoms with Gasteiger partial charge in [-0.15, -0.1) is 0 Å². The van der Waals surface area contributed by atoms with Gasteiger partial charge in [0.05, 0.1) is 11.6 Å². The van der Waals surface area contributed by atoms with Crippen LogP contribution in [0.25, 0.3) is 0 Å². The van der Waals surface area contributed by atoms with E-state index in [1.807, 2.05) is 49.4 Å². The van der Waals surface area contributed by atoms with Crippen molar-refractivity contribution in [2.24, 2.45) is 0 Å². The molecule has 3 aromatic rings. The number of ether oxygens (including phenoxy) is 1. The number of aryl methyl sites for hydroxylation is 1. The summed E-state index contributed by atoms with van der Waals surface area (Å²) in [7, 11) is 0. The Bertz CT molecular complexity index is 962. The molecule has 0 saturated heterocycles. The maximum atomic E-state index is 9.21. The van der Waals surface area contributed by atoms with E-state index in [1.54, 1.807) is 0 Å². The van der Waals surface area contributed by atoms with Gasteiger partial charge in [0, 0.05) is 17.5 Å². The molecule has 27 heavy (non-hydrogen) atoms. The molecule has 0 atom stereocenters. The summed E-state index contributed by atoms with van der Waals surface area (Å²) in [6.07, 6.45) is 0. The number of aromatic nitrogens is 2. The van der Waals surface area contributed by atoms with Crippen molar-refractivity contribution in [1.82, 2.24) is 9.97 Å². The lowest BCUT2D eigenvalue weighted by atomic mass is 10.0. The van der Waals surface area contributed by atoms with Crippen LogP contribution in [0.3, 0.4) is 0 Å². The van der Waals surface area contributed by atoms with E-state index >= 15 is 0 Å². The molecule has 2 aromatic carbocycles. The molecule has 5 heteroatoms. The molecule has 0 fully saturated rings. The molecule has 4 nitrogen and oxygen atoms in total. The van der Waals surface area contributed by atoms with E-state index < -0.39 is 0 Å². The zero-order valence-electron chi connectivity index (χ0n) is 15.6. The number of hydrogen-bond donors (Lipinski definition) is 0. The SMILES string of the molecule is Cc1cc(Oc2ccc(C(C)C)cc2)nc(SCc2ccccc2C#N)n1. The highest BCUT2D eigenvalue weighted by atomic mass is 32.2.